The second-order valence-electron chi connectivity index (χ2n) is 8.90. The second-order valence-corrected chi connectivity index (χ2v) is 10.3. The number of likely N-dealkylation sites (N-methyl/N-ethyl adjacent to an activating group) is 1. The van der Waals surface area contributed by atoms with E-state index < -0.39 is 5.54 Å². The molecular formula is C24H31ClN4O2S. The summed E-state index contributed by atoms with van der Waals surface area (Å²) >= 11 is 7.94. The molecule has 1 amide bonds. The normalized spacial score (nSPS) is 22.2. The number of carbonyl (C=O) groups is 2. The number of ketones is 1. The van der Waals surface area contributed by atoms with Gasteiger partial charge in [-0.15, -0.1) is 10.2 Å². The lowest BCUT2D eigenvalue weighted by atomic mass is 9.74. The van der Waals surface area contributed by atoms with E-state index in [1.165, 1.54) is 31.0 Å². The Morgan fingerprint density at radius 3 is 2.66 bits per heavy atom. The summed E-state index contributed by atoms with van der Waals surface area (Å²) in [4.78, 5) is 28.3. The number of benzene rings is 1. The Morgan fingerprint density at radius 1 is 1.19 bits per heavy atom. The van der Waals surface area contributed by atoms with Gasteiger partial charge < -0.3 is 9.47 Å². The standard InChI is InChI=1S/C24H31ClN4O2S/c1-17-26-27-23(29(17)18-10-4-3-5-11-18)32-16-22(31)28(2)24(15-9-8-14-21(24)30)19-12-6-7-13-20(19)25/h6-7,12-13,18H,3-5,8-11,14-16H2,1-2H3. The lowest BCUT2D eigenvalue weighted by Gasteiger charge is -2.44. The van der Waals surface area contributed by atoms with Gasteiger partial charge in [-0.05, 0) is 45.1 Å². The summed E-state index contributed by atoms with van der Waals surface area (Å²) in [6, 6.07) is 7.82. The number of Topliss-reactive ketones (excluding diaryl/α,β-unsaturated/α-hetero) is 1. The number of amides is 1. The van der Waals surface area contributed by atoms with Crippen molar-refractivity contribution in [2.75, 3.05) is 12.8 Å². The van der Waals surface area contributed by atoms with Crippen molar-refractivity contribution in [2.24, 2.45) is 0 Å². The Labute approximate surface area is 199 Å². The summed E-state index contributed by atoms with van der Waals surface area (Å²) in [6.07, 6.45) is 8.77. The monoisotopic (exact) mass is 474 g/mol. The number of hydrogen-bond acceptors (Lipinski definition) is 5. The smallest absolute Gasteiger partial charge is 0.233 e. The molecule has 1 aromatic carbocycles. The van der Waals surface area contributed by atoms with Crippen LogP contribution >= 0.6 is 23.4 Å². The fourth-order valence-corrected chi connectivity index (χ4v) is 6.53. The zero-order valence-electron chi connectivity index (χ0n) is 18.8. The predicted molar refractivity (Wildman–Crippen MR) is 127 cm³/mol. The van der Waals surface area contributed by atoms with E-state index in [1.54, 1.807) is 18.0 Å². The zero-order valence-corrected chi connectivity index (χ0v) is 20.4. The quantitative estimate of drug-likeness (QED) is 0.529. The number of thioether (sulfide) groups is 1. The van der Waals surface area contributed by atoms with Crippen LogP contribution in [-0.4, -0.2) is 44.2 Å². The van der Waals surface area contributed by atoms with Crippen LogP contribution in [0.15, 0.2) is 29.4 Å². The van der Waals surface area contributed by atoms with Crippen molar-refractivity contribution >= 4 is 35.1 Å². The van der Waals surface area contributed by atoms with E-state index in [-0.39, 0.29) is 17.4 Å². The predicted octanol–water partition coefficient (Wildman–Crippen LogP) is 5.33. The fourth-order valence-electron chi connectivity index (χ4n) is 5.27. The van der Waals surface area contributed by atoms with Crippen molar-refractivity contribution in [3.8, 4) is 0 Å². The zero-order chi connectivity index (χ0) is 22.7. The van der Waals surface area contributed by atoms with Crippen molar-refractivity contribution in [3.05, 3.63) is 40.7 Å². The molecule has 0 aliphatic heterocycles. The van der Waals surface area contributed by atoms with Crippen LogP contribution in [-0.2, 0) is 15.1 Å². The van der Waals surface area contributed by atoms with E-state index in [4.69, 9.17) is 11.6 Å². The molecule has 2 aromatic rings. The molecule has 32 heavy (non-hydrogen) atoms. The van der Waals surface area contributed by atoms with Crippen molar-refractivity contribution in [1.29, 1.82) is 0 Å². The van der Waals surface area contributed by atoms with Crippen LogP contribution in [0.1, 0.15) is 75.2 Å². The highest BCUT2D eigenvalue weighted by atomic mass is 35.5. The highest BCUT2D eigenvalue weighted by Crippen LogP contribution is 2.42. The number of carbonyl (C=O) groups excluding carboxylic acids is 2. The van der Waals surface area contributed by atoms with Crippen LogP contribution in [0, 0.1) is 6.92 Å². The Hall–Kier alpha value is -1.86. The van der Waals surface area contributed by atoms with Gasteiger partial charge in [0.1, 0.15) is 11.4 Å². The minimum absolute atomic E-state index is 0.0684. The molecule has 172 valence electrons. The third kappa shape index (κ3) is 4.34. The molecule has 8 heteroatoms. The Balaban J connectivity index is 1.55. The minimum Gasteiger partial charge on any atom is -0.328 e. The minimum atomic E-state index is -0.999. The molecule has 0 bridgehead atoms. The van der Waals surface area contributed by atoms with Gasteiger partial charge in [0.15, 0.2) is 10.9 Å². The van der Waals surface area contributed by atoms with Gasteiger partial charge in [-0.2, -0.15) is 0 Å². The molecule has 0 saturated heterocycles. The highest BCUT2D eigenvalue weighted by Gasteiger charge is 2.47. The first-order valence-corrected chi connectivity index (χ1v) is 12.9. The maximum Gasteiger partial charge on any atom is 0.233 e. The molecule has 4 rings (SSSR count). The molecule has 0 N–H and O–H groups in total. The van der Waals surface area contributed by atoms with Crippen LogP contribution < -0.4 is 0 Å². The molecule has 0 radical (unpaired) electrons. The van der Waals surface area contributed by atoms with Gasteiger partial charge in [0.2, 0.25) is 5.91 Å². The van der Waals surface area contributed by atoms with E-state index in [2.05, 4.69) is 14.8 Å². The summed E-state index contributed by atoms with van der Waals surface area (Å²) < 4.78 is 2.20. The first kappa shape index (κ1) is 23.3. The van der Waals surface area contributed by atoms with Crippen LogP contribution in [0.4, 0.5) is 0 Å². The van der Waals surface area contributed by atoms with E-state index in [9.17, 15) is 9.59 Å². The third-order valence-corrected chi connectivity index (χ3v) is 8.28. The van der Waals surface area contributed by atoms with Crippen molar-refractivity contribution in [3.63, 3.8) is 0 Å². The lowest BCUT2D eigenvalue weighted by Crippen LogP contribution is -2.54. The number of rotatable bonds is 6. The first-order valence-electron chi connectivity index (χ1n) is 11.5. The summed E-state index contributed by atoms with van der Waals surface area (Å²) in [5.41, 5.74) is -0.269. The average Bonchev–Trinajstić information content (AvgIpc) is 3.18. The topological polar surface area (TPSA) is 68.1 Å². The van der Waals surface area contributed by atoms with E-state index in [1.807, 2.05) is 25.1 Å². The van der Waals surface area contributed by atoms with Gasteiger partial charge in [-0.25, -0.2) is 0 Å². The fraction of sp³-hybridized carbons (Fsp3) is 0.583. The van der Waals surface area contributed by atoms with Crippen LogP contribution in [0.25, 0.3) is 0 Å². The largest absolute Gasteiger partial charge is 0.328 e. The molecule has 6 nitrogen and oxygen atoms in total. The molecule has 2 fully saturated rings. The summed E-state index contributed by atoms with van der Waals surface area (Å²) in [6.45, 7) is 1.98. The molecule has 1 heterocycles. The Bertz CT molecular complexity index is 988. The third-order valence-electron chi connectivity index (χ3n) is 7.02. The number of hydrogen-bond donors (Lipinski definition) is 0. The molecule has 2 aliphatic carbocycles. The molecule has 2 aliphatic rings. The van der Waals surface area contributed by atoms with Crippen molar-refractivity contribution < 1.29 is 9.59 Å². The number of halogens is 1. The van der Waals surface area contributed by atoms with Gasteiger partial charge in [-0.3, -0.25) is 9.59 Å². The SMILES string of the molecule is Cc1nnc(SCC(=O)N(C)C2(c3ccccc3Cl)CCCCC2=O)n1C1CCCCC1. The maximum absolute atomic E-state index is 13.4. The lowest BCUT2D eigenvalue weighted by molar-refractivity contribution is -0.146. The molecular weight excluding hydrogens is 444 g/mol. The maximum atomic E-state index is 13.4. The summed E-state index contributed by atoms with van der Waals surface area (Å²) in [5.74, 6) is 1.08. The van der Waals surface area contributed by atoms with Gasteiger partial charge >= 0.3 is 0 Å². The van der Waals surface area contributed by atoms with Gasteiger partial charge in [0.25, 0.3) is 0 Å². The van der Waals surface area contributed by atoms with Crippen LogP contribution in [0.5, 0.6) is 0 Å². The van der Waals surface area contributed by atoms with E-state index >= 15 is 0 Å². The molecule has 1 aromatic heterocycles. The van der Waals surface area contributed by atoms with Crippen LogP contribution in [0.2, 0.25) is 5.02 Å². The van der Waals surface area contributed by atoms with Gasteiger partial charge in [0, 0.05) is 30.1 Å². The van der Waals surface area contributed by atoms with Gasteiger partial charge in [-0.1, -0.05) is 60.8 Å². The molecule has 2 saturated carbocycles. The summed E-state index contributed by atoms with van der Waals surface area (Å²) in [7, 11) is 1.74. The number of aromatic nitrogens is 3. The van der Waals surface area contributed by atoms with Crippen molar-refractivity contribution in [2.45, 2.75) is 81.4 Å². The first-order chi connectivity index (χ1) is 15.4. The Morgan fingerprint density at radius 2 is 1.94 bits per heavy atom. The number of nitrogens with zero attached hydrogens (tertiary/aromatic N) is 4. The average molecular weight is 475 g/mol. The van der Waals surface area contributed by atoms with Crippen molar-refractivity contribution in [1.82, 2.24) is 19.7 Å². The summed E-state index contributed by atoms with van der Waals surface area (Å²) in [5, 5.41) is 9.96. The molecule has 1 unspecified atom stereocenters. The van der Waals surface area contributed by atoms with E-state index in [0.29, 0.717) is 23.9 Å². The molecule has 1 atom stereocenters. The van der Waals surface area contributed by atoms with Gasteiger partial charge in [0.05, 0.1) is 5.75 Å². The Kier molecular flexibility index (Phi) is 7.25. The van der Waals surface area contributed by atoms with Crippen LogP contribution in [0.3, 0.4) is 0 Å². The number of aryl methyl sites for hydroxylation is 1. The highest BCUT2D eigenvalue weighted by molar-refractivity contribution is 7.99. The van der Waals surface area contributed by atoms with E-state index in [0.717, 1.165) is 42.2 Å². The second kappa shape index (κ2) is 9.96. The molecule has 0 spiro atoms.